The number of terminal acetylenes is 1. The molecule has 0 unspecified atom stereocenters. The van der Waals surface area contributed by atoms with Gasteiger partial charge in [0.05, 0.1) is 22.8 Å². The Morgan fingerprint density at radius 2 is 2.04 bits per heavy atom. The molecule has 1 aromatic carbocycles. The maximum Gasteiger partial charge on any atom is 0.271 e. The predicted octanol–water partition coefficient (Wildman–Crippen LogP) is 1.13. The lowest BCUT2D eigenvalue weighted by atomic mass is 10.1. The summed E-state index contributed by atoms with van der Waals surface area (Å²) in [5.74, 6) is 2.18. The summed E-state index contributed by atoms with van der Waals surface area (Å²) >= 11 is 0. The first-order chi connectivity index (χ1) is 11.7. The standard InChI is InChI=1S/C10H9N3O.C6H6N2O3/c1-3-4-13-6-9(12)7(2)8(5-11)10(13)14;7-5-3-4(8(10)11)1-2-6(5)9/h1,6H,4,12H2,2H3;1-3,9H,7H2. The molecule has 0 saturated carbocycles. The number of nitro benzene ring substituents is 1. The van der Waals surface area contributed by atoms with Gasteiger partial charge in [-0.25, -0.2) is 0 Å². The van der Waals surface area contributed by atoms with Crippen molar-refractivity contribution in [1.29, 1.82) is 5.26 Å². The highest BCUT2D eigenvalue weighted by Crippen LogP contribution is 2.24. The second-order valence-electron chi connectivity index (χ2n) is 4.83. The van der Waals surface area contributed by atoms with Crippen molar-refractivity contribution >= 4 is 17.1 Å². The quantitative estimate of drug-likeness (QED) is 0.242. The Morgan fingerprint density at radius 1 is 1.40 bits per heavy atom. The third-order valence-electron chi connectivity index (χ3n) is 3.17. The van der Waals surface area contributed by atoms with Gasteiger partial charge in [-0.2, -0.15) is 5.26 Å². The van der Waals surface area contributed by atoms with Crippen molar-refractivity contribution in [3.8, 4) is 24.2 Å². The molecule has 128 valence electrons. The number of nitro groups is 1. The minimum absolute atomic E-state index is 0.0131. The number of phenolic OH excluding ortho intramolecular Hbond substituents is 1. The van der Waals surface area contributed by atoms with E-state index in [4.69, 9.17) is 28.3 Å². The first-order valence-corrected chi connectivity index (χ1v) is 6.78. The summed E-state index contributed by atoms with van der Waals surface area (Å²) in [6.45, 7) is 1.76. The molecule has 0 fully saturated rings. The zero-order chi connectivity index (χ0) is 19.1. The van der Waals surface area contributed by atoms with E-state index in [1.807, 2.05) is 6.07 Å². The number of hydrogen-bond donors (Lipinski definition) is 3. The first-order valence-electron chi connectivity index (χ1n) is 6.78. The van der Waals surface area contributed by atoms with Crippen LogP contribution in [0.2, 0.25) is 0 Å². The molecule has 0 saturated heterocycles. The summed E-state index contributed by atoms with van der Waals surface area (Å²) in [5.41, 5.74) is 11.3. The van der Waals surface area contributed by atoms with E-state index < -0.39 is 10.5 Å². The van der Waals surface area contributed by atoms with E-state index in [1.165, 1.54) is 22.9 Å². The Bertz CT molecular complexity index is 951. The van der Waals surface area contributed by atoms with Gasteiger partial charge in [0, 0.05) is 18.3 Å². The number of phenols is 1. The summed E-state index contributed by atoms with van der Waals surface area (Å²) in [6, 6.07) is 5.30. The zero-order valence-electron chi connectivity index (χ0n) is 13.3. The van der Waals surface area contributed by atoms with E-state index in [0.717, 1.165) is 6.07 Å². The van der Waals surface area contributed by atoms with Crippen molar-refractivity contribution < 1.29 is 10.0 Å². The molecular weight excluding hydrogens is 326 g/mol. The highest BCUT2D eigenvalue weighted by molar-refractivity contribution is 5.57. The van der Waals surface area contributed by atoms with Gasteiger partial charge in [-0.3, -0.25) is 14.9 Å². The number of nitrogens with zero attached hydrogens (tertiary/aromatic N) is 3. The third-order valence-corrected chi connectivity index (χ3v) is 3.17. The van der Waals surface area contributed by atoms with E-state index in [1.54, 1.807) is 6.92 Å². The number of nitrogen functional groups attached to an aromatic ring is 2. The number of aromatic hydroxyl groups is 1. The number of nitrogens with two attached hydrogens (primary N) is 2. The fourth-order valence-corrected chi connectivity index (χ4v) is 1.77. The van der Waals surface area contributed by atoms with Crippen LogP contribution in [0.4, 0.5) is 17.1 Å². The largest absolute Gasteiger partial charge is 0.506 e. The molecule has 5 N–H and O–H groups in total. The Morgan fingerprint density at radius 3 is 2.52 bits per heavy atom. The average Bonchev–Trinajstić information content (AvgIpc) is 2.56. The van der Waals surface area contributed by atoms with Gasteiger partial charge in [-0.05, 0) is 18.6 Å². The molecule has 1 heterocycles. The van der Waals surface area contributed by atoms with Crippen molar-refractivity contribution in [2.45, 2.75) is 13.5 Å². The molecule has 25 heavy (non-hydrogen) atoms. The van der Waals surface area contributed by atoms with Crippen molar-refractivity contribution in [1.82, 2.24) is 4.57 Å². The monoisotopic (exact) mass is 341 g/mol. The van der Waals surface area contributed by atoms with Crippen molar-refractivity contribution in [3.63, 3.8) is 0 Å². The smallest absolute Gasteiger partial charge is 0.271 e. The number of aromatic nitrogens is 1. The van der Waals surface area contributed by atoms with Crippen LogP contribution in [0.1, 0.15) is 11.1 Å². The molecule has 1 aromatic heterocycles. The summed E-state index contributed by atoms with van der Waals surface area (Å²) in [7, 11) is 0. The number of rotatable bonds is 2. The van der Waals surface area contributed by atoms with Gasteiger partial charge in [0.2, 0.25) is 0 Å². The molecule has 0 radical (unpaired) electrons. The molecule has 0 amide bonds. The van der Waals surface area contributed by atoms with Crippen LogP contribution in [0.3, 0.4) is 0 Å². The van der Waals surface area contributed by atoms with E-state index in [0.29, 0.717) is 11.3 Å². The molecule has 0 aliphatic heterocycles. The van der Waals surface area contributed by atoms with Crippen LogP contribution in [0.25, 0.3) is 0 Å². The molecule has 2 rings (SSSR count). The molecule has 0 aliphatic carbocycles. The van der Waals surface area contributed by atoms with Crippen LogP contribution < -0.4 is 17.0 Å². The second-order valence-corrected chi connectivity index (χ2v) is 4.83. The van der Waals surface area contributed by atoms with Gasteiger partial charge < -0.3 is 21.1 Å². The lowest BCUT2D eigenvalue weighted by Crippen LogP contribution is -2.23. The number of benzene rings is 1. The topological polar surface area (TPSA) is 161 Å². The highest BCUT2D eigenvalue weighted by Gasteiger charge is 2.09. The first kappa shape index (κ1) is 19.1. The summed E-state index contributed by atoms with van der Waals surface area (Å²) in [4.78, 5) is 21.1. The van der Waals surface area contributed by atoms with Crippen molar-refractivity contribution in [3.05, 3.63) is 56.0 Å². The van der Waals surface area contributed by atoms with Crippen molar-refractivity contribution in [2.75, 3.05) is 11.5 Å². The summed E-state index contributed by atoms with van der Waals surface area (Å²) in [6.07, 6.45) is 6.53. The second kappa shape index (κ2) is 8.04. The number of hydrogen-bond acceptors (Lipinski definition) is 7. The predicted molar refractivity (Wildman–Crippen MR) is 92.6 cm³/mol. The number of nitriles is 1. The van der Waals surface area contributed by atoms with E-state index in [9.17, 15) is 14.9 Å². The Kier molecular flexibility index (Phi) is 6.13. The van der Waals surface area contributed by atoms with E-state index in [2.05, 4.69) is 5.92 Å². The van der Waals surface area contributed by atoms with E-state index >= 15 is 0 Å². The molecule has 9 heteroatoms. The van der Waals surface area contributed by atoms with Gasteiger partial charge >= 0.3 is 0 Å². The van der Waals surface area contributed by atoms with Gasteiger partial charge in [-0.1, -0.05) is 5.92 Å². The van der Waals surface area contributed by atoms with Gasteiger partial charge in [-0.15, -0.1) is 6.42 Å². The number of non-ortho nitro benzene ring substituents is 1. The van der Waals surface area contributed by atoms with Crippen LogP contribution in [0.15, 0.2) is 29.2 Å². The maximum atomic E-state index is 11.6. The van der Waals surface area contributed by atoms with Crippen LogP contribution in [-0.4, -0.2) is 14.6 Å². The number of pyridine rings is 1. The molecule has 0 spiro atoms. The Balaban J connectivity index is 0.000000257. The Hall–Kier alpha value is -3.98. The minimum Gasteiger partial charge on any atom is -0.506 e. The van der Waals surface area contributed by atoms with Crippen LogP contribution >= 0.6 is 0 Å². The van der Waals surface area contributed by atoms with E-state index in [-0.39, 0.29) is 29.2 Å². The molecule has 0 atom stereocenters. The zero-order valence-corrected chi connectivity index (χ0v) is 13.3. The average molecular weight is 341 g/mol. The van der Waals surface area contributed by atoms with Gasteiger partial charge in [0.1, 0.15) is 17.4 Å². The molecular formula is C16H15N5O4. The normalized spacial score (nSPS) is 9.24. The molecule has 9 nitrogen and oxygen atoms in total. The fraction of sp³-hybridized carbons (Fsp3) is 0.125. The SMILES string of the molecule is C#CCn1cc(N)c(C)c(C#N)c1=O.Nc1cc([N+](=O)[O-])ccc1O. The lowest BCUT2D eigenvalue weighted by Gasteiger charge is -2.06. The van der Waals surface area contributed by atoms with Crippen LogP contribution in [-0.2, 0) is 6.54 Å². The molecule has 0 aliphatic rings. The van der Waals surface area contributed by atoms with Crippen molar-refractivity contribution in [2.24, 2.45) is 0 Å². The van der Waals surface area contributed by atoms with Crippen LogP contribution in [0, 0.1) is 40.7 Å². The molecule has 2 aromatic rings. The minimum atomic E-state index is -0.574. The Labute approximate surface area is 142 Å². The summed E-state index contributed by atoms with van der Waals surface area (Å²) < 4.78 is 1.25. The fourth-order valence-electron chi connectivity index (χ4n) is 1.77. The third kappa shape index (κ3) is 4.50. The van der Waals surface area contributed by atoms with Gasteiger partial charge in [0.25, 0.3) is 11.2 Å². The highest BCUT2D eigenvalue weighted by atomic mass is 16.6. The summed E-state index contributed by atoms with van der Waals surface area (Å²) in [5, 5.41) is 27.8. The molecule has 0 bridgehead atoms. The maximum absolute atomic E-state index is 11.6. The van der Waals surface area contributed by atoms with Gasteiger partial charge in [0.15, 0.2) is 0 Å². The number of anilines is 2. The van der Waals surface area contributed by atoms with Crippen LogP contribution in [0.5, 0.6) is 5.75 Å². The lowest BCUT2D eigenvalue weighted by molar-refractivity contribution is -0.384.